The summed E-state index contributed by atoms with van der Waals surface area (Å²) in [5, 5.41) is 29.5. The minimum absolute atomic E-state index is 0.100. The van der Waals surface area contributed by atoms with Crippen molar-refractivity contribution in [2.75, 3.05) is 19.1 Å². The molecule has 3 N–H and O–H groups in total. The van der Waals surface area contributed by atoms with Gasteiger partial charge in [-0.05, 0) is 64.2 Å². The van der Waals surface area contributed by atoms with Gasteiger partial charge in [-0.1, -0.05) is 128 Å². The fourth-order valence-electron chi connectivity index (χ4n) is 6.72. The average Bonchev–Trinajstić information content (AvgIpc) is 3.54. The Kier molecular flexibility index (Phi) is 34.4. The van der Waals surface area contributed by atoms with Crippen LogP contribution in [0.5, 0.6) is 11.8 Å². The summed E-state index contributed by atoms with van der Waals surface area (Å²) >= 11 is 5.57. The van der Waals surface area contributed by atoms with Crippen LogP contribution < -0.4 is 4.84 Å². The normalized spacial score (nSPS) is 12.4. The summed E-state index contributed by atoms with van der Waals surface area (Å²) in [4.78, 5) is 52.4. The van der Waals surface area contributed by atoms with Crippen LogP contribution in [0.25, 0.3) is 0 Å². The van der Waals surface area contributed by atoms with Crippen LogP contribution in [0, 0.1) is 0 Å². The first-order valence-corrected chi connectivity index (χ1v) is 23.4. The summed E-state index contributed by atoms with van der Waals surface area (Å²) in [5.74, 6) is -2.05. The van der Waals surface area contributed by atoms with Crippen LogP contribution in [0.4, 0.5) is 0 Å². The summed E-state index contributed by atoms with van der Waals surface area (Å²) < 4.78 is 16.9. The molecular formula is C46H78ClNO11. The topological polar surface area (TPSA) is 171 Å². The number of ether oxygens (including phenoxy) is 3. The molecule has 340 valence electrons. The van der Waals surface area contributed by atoms with Crippen molar-refractivity contribution in [2.24, 2.45) is 0 Å². The number of unbranched alkanes of at least 4 members (excludes halogenated alkanes) is 21. The standard InChI is InChI=1S/C46H78ClNO11/c1-2-3-22-30-40(58-46(55)38-47)39(49)29-23-16-10-4-5-11-17-24-31-43(52)56-36-27-20-14-8-9-15-21-28-37-57-44(53)32-25-18-12-6-7-13-19-26-33-45(54)59-48-41(50)34-35-42(48)51/h16,23,34-35,39-40,49-51H,2-15,17-22,24-33,36-38H2,1H3. The summed E-state index contributed by atoms with van der Waals surface area (Å²) in [5.41, 5.74) is 0. The highest BCUT2D eigenvalue weighted by Crippen LogP contribution is 2.20. The third-order valence-electron chi connectivity index (χ3n) is 10.3. The predicted octanol–water partition coefficient (Wildman–Crippen LogP) is 10.7. The first kappa shape index (κ1) is 53.8. The van der Waals surface area contributed by atoms with Gasteiger partial charge in [0.2, 0.25) is 11.8 Å². The molecule has 0 saturated heterocycles. The van der Waals surface area contributed by atoms with Crippen LogP contribution in [-0.4, -0.2) is 75.2 Å². The molecule has 0 fully saturated rings. The van der Waals surface area contributed by atoms with E-state index in [1.165, 1.54) is 25.0 Å². The number of aliphatic hydroxyl groups is 1. The number of rotatable bonds is 40. The Hall–Kier alpha value is -3.25. The Labute approximate surface area is 359 Å². The molecule has 2 unspecified atom stereocenters. The van der Waals surface area contributed by atoms with Crippen LogP contribution in [0.15, 0.2) is 24.3 Å². The molecule has 13 heteroatoms. The quantitative estimate of drug-likeness (QED) is 0.0189. The lowest BCUT2D eigenvalue weighted by molar-refractivity contribution is -0.152. The maximum absolute atomic E-state index is 12.1. The van der Waals surface area contributed by atoms with Crippen LogP contribution in [0.3, 0.4) is 0 Å². The van der Waals surface area contributed by atoms with E-state index >= 15 is 0 Å². The molecule has 2 atom stereocenters. The number of carbonyl (C=O) groups is 4. The van der Waals surface area contributed by atoms with Gasteiger partial charge in [-0.25, -0.2) is 4.79 Å². The van der Waals surface area contributed by atoms with E-state index in [1.54, 1.807) is 0 Å². The number of aromatic hydroxyl groups is 2. The Balaban J connectivity index is 1.82. The van der Waals surface area contributed by atoms with Gasteiger partial charge in [0.25, 0.3) is 0 Å². The zero-order valence-corrected chi connectivity index (χ0v) is 37.0. The molecule has 0 radical (unpaired) electrons. The molecule has 59 heavy (non-hydrogen) atoms. The van der Waals surface area contributed by atoms with Crippen LogP contribution in [-0.2, 0) is 33.4 Å². The Morgan fingerprint density at radius 1 is 0.593 bits per heavy atom. The van der Waals surface area contributed by atoms with Crippen molar-refractivity contribution in [3.8, 4) is 11.8 Å². The maximum Gasteiger partial charge on any atom is 0.333 e. The number of aliphatic hydroxyl groups excluding tert-OH is 1. The smallest absolute Gasteiger partial charge is 0.333 e. The van der Waals surface area contributed by atoms with E-state index < -0.39 is 24.1 Å². The number of nitrogens with zero attached hydrogens (tertiary/aromatic N) is 1. The number of carbonyl (C=O) groups excluding carboxylic acids is 4. The summed E-state index contributed by atoms with van der Waals surface area (Å²) in [6.45, 7) is 3.10. The number of esters is 3. The van der Waals surface area contributed by atoms with E-state index in [4.69, 9.17) is 30.6 Å². The molecule has 1 aromatic rings. The lowest BCUT2D eigenvalue weighted by atomic mass is 10.0. The second-order valence-corrected chi connectivity index (χ2v) is 15.9. The predicted molar refractivity (Wildman–Crippen MR) is 231 cm³/mol. The van der Waals surface area contributed by atoms with Crippen molar-refractivity contribution in [1.82, 2.24) is 4.73 Å². The molecule has 1 aromatic heterocycles. The van der Waals surface area contributed by atoms with Crippen LogP contribution in [0.1, 0.15) is 200 Å². The molecule has 12 nitrogen and oxygen atoms in total. The lowest BCUT2D eigenvalue weighted by Gasteiger charge is -2.22. The van der Waals surface area contributed by atoms with Gasteiger partial charge in [-0.15, -0.1) is 16.3 Å². The second-order valence-electron chi connectivity index (χ2n) is 15.6. The van der Waals surface area contributed by atoms with Gasteiger partial charge in [-0.3, -0.25) is 14.4 Å². The molecule has 0 aliphatic heterocycles. The number of alkyl halides is 1. The van der Waals surface area contributed by atoms with E-state index in [0.29, 0.717) is 50.0 Å². The second kappa shape index (κ2) is 37.7. The van der Waals surface area contributed by atoms with Crippen LogP contribution in [0.2, 0.25) is 0 Å². The number of allylic oxidation sites excluding steroid dienone is 1. The van der Waals surface area contributed by atoms with E-state index in [0.717, 1.165) is 141 Å². The minimum Gasteiger partial charge on any atom is -0.492 e. The van der Waals surface area contributed by atoms with Crippen molar-refractivity contribution in [3.05, 3.63) is 24.3 Å². The molecule has 0 aliphatic rings. The number of hydrogen-bond donors (Lipinski definition) is 3. The van der Waals surface area contributed by atoms with Gasteiger partial charge in [0.1, 0.15) is 12.0 Å². The minimum atomic E-state index is -0.721. The fourth-order valence-corrected chi connectivity index (χ4v) is 6.78. The third kappa shape index (κ3) is 31.3. The zero-order chi connectivity index (χ0) is 43.2. The Bertz CT molecular complexity index is 1230. The lowest BCUT2D eigenvalue weighted by Crippen LogP contribution is -2.31. The summed E-state index contributed by atoms with van der Waals surface area (Å²) in [6, 6.07) is 2.49. The van der Waals surface area contributed by atoms with E-state index in [2.05, 4.69) is 13.0 Å². The van der Waals surface area contributed by atoms with Crippen molar-refractivity contribution in [3.63, 3.8) is 0 Å². The molecule has 0 amide bonds. The Morgan fingerprint density at radius 3 is 1.51 bits per heavy atom. The highest BCUT2D eigenvalue weighted by atomic mass is 35.5. The molecule has 0 bridgehead atoms. The molecule has 0 saturated carbocycles. The zero-order valence-electron chi connectivity index (χ0n) is 36.2. The molecule has 1 rings (SSSR count). The van der Waals surface area contributed by atoms with Crippen molar-refractivity contribution >= 4 is 35.5 Å². The van der Waals surface area contributed by atoms with E-state index in [-0.39, 0.29) is 36.0 Å². The van der Waals surface area contributed by atoms with Gasteiger partial charge < -0.3 is 34.4 Å². The maximum atomic E-state index is 12.1. The van der Waals surface area contributed by atoms with E-state index in [9.17, 15) is 34.5 Å². The Morgan fingerprint density at radius 2 is 1.03 bits per heavy atom. The van der Waals surface area contributed by atoms with Crippen LogP contribution >= 0.6 is 11.6 Å². The highest BCUT2D eigenvalue weighted by molar-refractivity contribution is 6.26. The molecule has 0 aliphatic carbocycles. The number of aromatic nitrogens is 1. The van der Waals surface area contributed by atoms with Gasteiger partial charge in [0, 0.05) is 31.4 Å². The van der Waals surface area contributed by atoms with Gasteiger partial charge in [0.15, 0.2) is 0 Å². The summed E-state index contributed by atoms with van der Waals surface area (Å²) in [6.07, 6.45) is 30.4. The molecule has 0 aromatic carbocycles. The van der Waals surface area contributed by atoms with Crippen molar-refractivity contribution in [2.45, 2.75) is 212 Å². The SMILES string of the molecule is CCCCCC(OC(=O)CCl)C(O)CC=CCCCCCCCC(=O)OCCCCCCCCCCOC(=O)CCCCCCCCCCC(=O)On1c(O)ccc1O. The number of halogens is 1. The molecule has 1 heterocycles. The third-order valence-corrected chi connectivity index (χ3v) is 10.5. The average molecular weight is 857 g/mol. The van der Waals surface area contributed by atoms with Gasteiger partial charge >= 0.3 is 23.9 Å². The van der Waals surface area contributed by atoms with Gasteiger partial charge in [-0.2, -0.15) is 0 Å². The largest absolute Gasteiger partial charge is 0.492 e. The van der Waals surface area contributed by atoms with Crippen molar-refractivity contribution in [1.29, 1.82) is 0 Å². The fraction of sp³-hybridized carbons (Fsp3) is 0.783. The molecule has 0 spiro atoms. The monoisotopic (exact) mass is 856 g/mol. The van der Waals surface area contributed by atoms with Gasteiger partial charge in [0.05, 0.1) is 19.3 Å². The number of hydrogen-bond acceptors (Lipinski definition) is 11. The first-order valence-electron chi connectivity index (χ1n) is 22.9. The van der Waals surface area contributed by atoms with E-state index in [1.807, 2.05) is 6.08 Å². The summed E-state index contributed by atoms with van der Waals surface area (Å²) in [7, 11) is 0. The molecular weight excluding hydrogens is 778 g/mol. The first-order chi connectivity index (χ1) is 28.7. The van der Waals surface area contributed by atoms with Crippen molar-refractivity contribution < 1.29 is 53.5 Å². The highest BCUT2D eigenvalue weighted by Gasteiger charge is 2.22.